The molecule has 0 aromatic carbocycles. The van der Waals surface area contributed by atoms with Gasteiger partial charge in [0.25, 0.3) is 0 Å². The number of amides is 1. The van der Waals surface area contributed by atoms with Gasteiger partial charge in [-0.15, -0.1) is 0 Å². The van der Waals surface area contributed by atoms with Gasteiger partial charge in [-0.1, -0.05) is 0 Å². The molecule has 2 N–H and O–H groups in total. The summed E-state index contributed by atoms with van der Waals surface area (Å²) < 4.78 is 1.92. The lowest BCUT2D eigenvalue weighted by Gasteiger charge is -2.19. The van der Waals surface area contributed by atoms with Gasteiger partial charge < -0.3 is 5.32 Å². The average molecular weight is 316 g/mol. The molecule has 2 aromatic heterocycles. The fourth-order valence-corrected chi connectivity index (χ4v) is 3.31. The van der Waals surface area contributed by atoms with Crippen molar-refractivity contribution in [1.82, 2.24) is 30.5 Å². The summed E-state index contributed by atoms with van der Waals surface area (Å²) in [6, 6.07) is 0. The zero-order valence-electron chi connectivity index (χ0n) is 14.0. The van der Waals surface area contributed by atoms with Crippen molar-refractivity contribution in [1.29, 1.82) is 0 Å². The van der Waals surface area contributed by atoms with E-state index < -0.39 is 0 Å². The Bertz CT molecular complexity index is 701. The summed E-state index contributed by atoms with van der Waals surface area (Å²) in [5, 5.41) is 18.4. The lowest BCUT2D eigenvalue weighted by molar-refractivity contribution is -0.125. The van der Waals surface area contributed by atoms with Crippen LogP contribution in [0, 0.1) is 19.8 Å². The summed E-state index contributed by atoms with van der Waals surface area (Å²) in [4.78, 5) is 12.3. The van der Waals surface area contributed by atoms with Crippen molar-refractivity contribution in [2.24, 2.45) is 13.0 Å². The molecular weight excluding hydrogens is 292 g/mol. The second-order valence-electron chi connectivity index (χ2n) is 6.32. The van der Waals surface area contributed by atoms with Gasteiger partial charge in [0.05, 0.1) is 17.1 Å². The lowest BCUT2D eigenvalue weighted by atomic mass is 9.89. The molecule has 1 aliphatic rings. The SMILES string of the molecule is Cc1nn(C)c(C)c1CCCNC(=O)C1CCc2n[nH]nc2C1. The molecule has 0 saturated heterocycles. The fourth-order valence-electron chi connectivity index (χ4n) is 3.31. The maximum atomic E-state index is 12.3. The molecular formula is C16H24N6O. The Kier molecular flexibility index (Phi) is 4.45. The predicted molar refractivity (Wildman–Crippen MR) is 85.9 cm³/mol. The third kappa shape index (κ3) is 3.28. The van der Waals surface area contributed by atoms with Crippen molar-refractivity contribution in [3.8, 4) is 0 Å². The van der Waals surface area contributed by atoms with Crippen LogP contribution < -0.4 is 5.32 Å². The van der Waals surface area contributed by atoms with Crippen LogP contribution in [0.1, 0.15) is 41.2 Å². The first kappa shape index (κ1) is 15.7. The molecule has 1 unspecified atom stereocenters. The van der Waals surface area contributed by atoms with Gasteiger partial charge >= 0.3 is 0 Å². The predicted octanol–water partition coefficient (Wildman–Crippen LogP) is 1.01. The number of hydrogen-bond acceptors (Lipinski definition) is 4. The van der Waals surface area contributed by atoms with Crippen molar-refractivity contribution < 1.29 is 4.79 Å². The molecule has 1 atom stereocenters. The van der Waals surface area contributed by atoms with Gasteiger partial charge in [-0.3, -0.25) is 9.48 Å². The van der Waals surface area contributed by atoms with Crippen LogP contribution in [0.4, 0.5) is 0 Å². The van der Waals surface area contributed by atoms with Gasteiger partial charge in [0.1, 0.15) is 0 Å². The van der Waals surface area contributed by atoms with Gasteiger partial charge in [0, 0.05) is 31.6 Å². The Morgan fingerprint density at radius 1 is 1.35 bits per heavy atom. The fraction of sp³-hybridized carbons (Fsp3) is 0.625. The Morgan fingerprint density at radius 3 is 2.87 bits per heavy atom. The standard InChI is InChI=1S/C16H24N6O/c1-10-13(11(2)22(3)20-10)5-4-8-17-16(23)12-6-7-14-15(9-12)19-21-18-14/h12H,4-9H2,1-3H3,(H,17,23)(H,18,19,21). The van der Waals surface area contributed by atoms with Crippen LogP contribution in [-0.4, -0.2) is 37.6 Å². The normalized spacial score (nSPS) is 17.1. The summed E-state index contributed by atoms with van der Waals surface area (Å²) in [7, 11) is 1.97. The van der Waals surface area contributed by atoms with E-state index in [0.29, 0.717) is 13.0 Å². The number of rotatable bonds is 5. The zero-order valence-corrected chi connectivity index (χ0v) is 14.0. The second kappa shape index (κ2) is 6.52. The monoisotopic (exact) mass is 316 g/mol. The van der Waals surface area contributed by atoms with Crippen molar-refractivity contribution in [3.05, 3.63) is 28.3 Å². The summed E-state index contributed by atoms with van der Waals surface area (Å²) in [5.74, 6) is 0.160. The van der Waals surface area contributed by atoms with Crippen LogP contribution in [0.2, 0.25) is 0 Å². The molecule has 0 bridgehead atoms. The number of fused-ring (bicyclic) bond motifs is 1. The highest BCUT2D eigenvalue weighted by Crippen LogP contribution is 2.22. The van der Waals surface area contributed by atoms with E-state index in [1.54, 1.807) is 0 Å². The molecule has 7 heteroatoms. The summed E-state index contributed by atoms with van der Waals surface area (Å²) in [5.41, 5.74) is 5.54. The second-order valence-corrected chi connectivity index (χ2v) is 6.32. The van der Waals surface area contributed by atoms with E-state index in [4.69, 9.17) is 0 Å². The van der Waals surface area contributed by atoms with Crippen molar-refractivity contribution in [2.75, 3.05) is 6.54 Å². The minimum Gasteiger partial charge on any atom is -0.356 e. The van der Waals surface area contributed by atoms with Gasteiger partial charge in [-0.05, 0) is 45.1 Å². The number of nitrogens with one attached hydrogen (secondary N) is 2. The third-order valence-corrected chi connectivity index (χ3v) is 4.80. The summed E-state index contributed by atoms with van der Waals surface area (Å²) >= 11 is 0. The quantitative estimate of drug-likeness (QED) is 0.806. The Morgan fingerprint density at radius 2 is 2.13 bits per heavy atom. The topological polar surface area (TPSA) is 88.5 Å². The van der Waals surface area contributed by atoms with E-state index in [-0.39, 0.29) is 11.8 Å². The van der Waals surface area contributed by atoms with E-state index in [1.165, 1.54) is 11.3 Å². The molecule has 7 nitrogen and oxygen atoms in total. The third-order valence-electron chi connectivity index (χ3n) is 4.80. The number of carbonyl (C=O) groups is 1. The van der Waals surface area contributed by atoms with E-state index in [2.05, 4.69) is 32.7 Å². The van der Waals surface area contributed by atoms with Crippen molar-refractivity contribution in [2.45, 2.75) is 46.0 Å². The molecule has 0 spiro atoms. The zero-order chi connectivity index (χ0) is 16.4. The van der Waals surface area contributed by atoms with Gasteiger partial charge in [0.15, 0.2) is 0 Å². The van der Waals surface area contributed by atoms with Crippen LogP contribution in [0.25, 0.3) is 0 Å². The molecule has 0 aliphatic heterocycles. The van der Waals surface area contributed by atoms with E-state index in [9.17, 15) is 4.79 Å². The number of aromatic nitrogens is 5. The van der Waals surface area contributed by atoms with Crippen LogP contribution in [0.3, 0.4) is 0 Å². The number of H-pyrrole nitrogens is 1. The lowest BCUT2D eigenvalue weighted by Crippen LogP contribution is -2.34. The average Bonchev–Trinajstić information content (AvgIpc) is 3.09. The van der Waals surface area contributed by atoms with E-state index in [0.717, 1.165) is 42.8 Å². The maximum absolute atomic E-state index is 12.3. The first-order valence-corrected chi connectivity index (χ1v) is 8.21. The molecule has 2 heterocycles. The van der Waals surface area contributed by atoms with Gasteiger partial charge in [-0.2, -0.15) is 20.5 Å². The molecule has 1 amide bonds. The Labute approximate surface area is 135 Å². The minimum absolute atomic E-state index is 0.0227. The largest absolute Gasteiger partial charge is 0.356 e. The maximum Gasteiger partial charge on any atom is 0.223 e. The van der Waals surface area contributed by atoms with Gasteiger partial charge in [-0.25, -0.2) is 0 Å². The molecule has 3 rings (SSSR count). The summed E-state index contributed by atoms with van der Waals surface area (Å²) in [6.07, 6.45) is 4.26. The van der Waals surface area contributed by atoms with Crippen LogP contribution in [0.15, 0.2) is 0 Å². The highest BCUT2D eigenvalue weighted by Gasteiger charge is 2.26. The highest BCUT2D eigenvalue weighted by molar-refractivity contribution is 5.79. The smallest absolute Gasteiger partial charge is 0.223 e. The van der Waals surface area contributed by atoms with Crippen LogP contribution >= 0.6 is 0 Å². The molecule has 23 heavy (non-hydrogen) atoms. The van der Waals surface area contributed by atoms with Crippen molar-refractivity contribution >= 4 is 5.91 Å². The van der Waals surface area contributed by atoms with E-state index >= 15 is 0 Å². The highest BCUT2D eigenvalue weighted by atomic mass is 16.1. The Balaban J connectivity index is 1.45. The minimum atomic E-state index is 0.0227. The number of nitrogens with zero attached hydrogens (tertiary/aromatic N) is 4. The molecule has 1 aliphatic carbocycles. The molecule has 0 fully saturated rings. The molecule has 0 saturated carbocycles. The molecule has 0 radical (unpaired) electrons. The number of hydrogen-bond donors (Lipinski definition) is 2. The first-order chi connectivity index (χ1) is 11.1. The van der Waals surface area contributed by atoms with E-state index in [1.807, 2.05) is 18.7 Å². The molecule has 2 aromatic rings. The number of aryl methyl sites for hydroxylation is 3. The van der Waals surface area contributed by atoms with Crippen LogP contribution in [-0.2, 0) is 31.1 Å². The number of aromatic amines is 1. The first-order valence-electron chi connectivity index (χ1n) is 8.21. The van der Waals surface area contributed by atoms with Gasteiger partial charge in [0.2, 0.25) is 5.91 Å². The van der Waals surface area contributed by atoms with Crippen LogP contribution in [0.5, 0.6) is 0 Å². The van der Waals surface area contributed by atoms with Crippen molar-refractivity contribution in [3.63, 3.8) is 0 Å². The molecule has 124 valence electrons. The Hall–Kier alpha value is -2.18. The summed E-state index contributed by atoms with van der Waals surface area (Å²) in [6.45, 7) is 4.83. The number of carbonyl (C=O) groups excluding carboxylic acids is 1.